The Morgan fingerprint density at radius 1 is 1.16 bits per heavy atom. The first-order valence-corrected chi connectivity index (χ1v) is 8.72. The molecule has 5 nitrogen and oxygen atoms in total. The second kappa shape index (κ2) is 7.99. The van der Waals surface area contributed by atoms with Crippen molar-refractivity contribution in [3.63, 3.8) is 0 Å². The zero-order valence-electron chi connectivity index (χ0n) is 14.3. The van der Waals surface area contributed by atoms with Gasteiger partial charge in [0.15, 0.2) is 0 Å². The zero-order valence-corrected chi connectivity index (χ0v) is 15.8. The van der Waals surface area contributed by atoms with Gasteiger partial charge < -0.3 is 19.1 Å². The molecule has 1 aliphatic heterocycles. The maximum atomic E-state index is 13.0. The third-order valence-corrected chi connectivity index (χ3v) is 4.92. The molecular formula is C19H20BrNO4. The van der Waals surface area contributed by atoms with E-state index in [2.05, 4.69) is 28.1 Å². The molecule has 0 saturated carbocycles. The molecule has 25 heavy (non-hydrogen) atoms. The first-order valence-electron chi connectivity index (χ1n) is 7.93. The highest BCUT2D eigenvalue weighted by Crippen LogP contribution is 2.31. The van der Waals surface area contributed by atoms with E-state index in [1.54, 1.807) is 20.3 Å². The van der Waals surface area contributed by atoms with Gasteiger partial charge in [-0.05, 0) is 28.8 Å². The number of carbonyl (C=O) groups is 1. The third-order valence-electron chi connectivity index (χ3n) is 4.19. The van der Waals surface area contributed by atoms with Crippen LogP contribution in [0.4, 0.5) is 0 Å². The van der Waals surface area contributed by atoms with Crippen LogP contribution in [0.2, 0.25) is 0 Å². The lowest BCUT2D eigenvalue weighted by atomic mass is 10.1. The number of benzene rings is 2. The monoisotopic (exact) mass is 405 g/mol. The summed E-state index contributed by atoms with van der Waals surface area (Å²) in [5, 5.41) is 0. The van der Waals surface area contributed by atoms with Crippen molar-refractivity contribution in [1.29, 1.82) is 0 Å². The lowest BCUT2D eigenvalue weighted by Gasteiger charge is -2.19. The second-order valence-corrected chi connectivity index (χ2v) is 6.68. The number of rotatable bonds is 6. The molecule has 0 fully saturated rings. The molecular weight excluding hydrogens is 386 g/mol. The van der Waals surface area contributed by atoms with Crippen LogP contribution in [0.5, 0.6) is 5.75 Å². The predicted molar refractivity (Wildman–Crippen MR) is 97.4 cm³/mol. The normalized spacial score (nSPS) is 13.0. The summed E-state index contributed by atoms with van der Waals surface area (Å²) in [5.41, 5.74) is 3.82. The number of hydrogen-bond acceptors (Lipinski definition) is 4. The molecule has 0 saturated heterocycles. The predicted octanol–water partition coefficient (Wildman–Crippen LogP) is 3.73. The van der Waals surface area contributed by atoms with Crippen molar-refractivity contribution in [1.82, 2.24) is 4.90 Å². The smallest absolute Gasteiger partial charge is 0.258 e. The standard InChI is InChI=1S/C19H20BrNO4/c1-23-12-25-11-15-7-18(24-2)16(8-17(15)20)19(22)21-9-13-5-3-4-6-14(13)10-21/h3-8H,9-12H2,1-2H3. The SMILES string of the molecule is COCOCc1cc(OC)c(C(=O)N2Cc3ccccc3C2)cc1Br. The Hall–Kier alpha value is -1.89. The fourth-order valence-electron chi connectivity index (χ4n) is 2.92. The van der Waals surface area contributed by atoms with Crippen molar-refractivity contribution >= 4 is 21.8 Å². The van der Waals surface area contributed by atoms with E-state index in [0.717, 1.165) is 10.0 Å². The van der Waals surface area contributed by atoms with E-state index in [0.29, 0.717) is 31.0 Å². The van der Waals surface area contributed by atoms with Crippen molar-refractivity contribution in [2.24, 2.45) is 0 Å². The van der Waals surface area contributed by atoms with Gasteiger partial charge in [0.1, 0.15) is 12.5 Å². The zero-order chi connectivity index (χ0) is 17.8. The maximum Gasteiger partial charge on any atom is 0.258 e. The van der Waals surface area contributed by atoms with Crippen molar-refractivity contribution in [2.45, 2.75) is 19.7 Å². The van der Waals surface area contributed by atoms with E-state index in [1.165, 1.54) is 11.1 Å². The Morgan fingerprint density at radius 3 is 2.44 bits per heavy atom. The summed E-state index contributed by atoms with van der Waals surface area (Å²) in [4.78, 5) is 14.8. The fraction of sp³-hybridized carbons (Fsp3) is 0.316. The minimum atomic E-state index is -0.0434. The van der Waals surface area contributed by atoms with E-state index in [1.807, 2.05) is 23.1 Å². The molecule has 2 aromatic rings. The van der Waals surface area contributed by atoms with Crippen LogP contribution >= 0.6 is 15.9 Å². The van der Waals surface area contributed by atoms with Crippen LogP contribution in [0.1, 0.15) is 27.0 Å². The van der Waals surface area contributed by atoms with Crippen LogP contribution in [-0.2, 0) is 29.2 Å². The molecule has 132 valence electrons. The van der Waals surface area contributed by atoms with Crippen LogP contribution in [0.3, 0.4) is 0 Å². The Labute approximate surface area is 155 Å². The summed E-state index contributed by atoms with van der Waals surface area (Å²) >= 11 is 3.52. The van der Waals surface area contributed by atoms with E-state index >= 15 is 0 Å². The Balaban J connectivity index is 1.82. The van der Waals surface area contributed by atoms with Gasteiger partial charge in [-0.2, -0.15) is 0 Å². The first kappa shape index (κ1) is 17.9. The third kappa shape index (κ3) is 3.86. The minimum Gasteiger partial charge on any atom is -0.496 e. The van der Waals surface area contributed by atoms with Gasteiger partial charge in [0.25, 0.3) is 5.91 Å². The number of hydrogen-bond donors (Lipinski definition) is 0. The summed E-state index contributed by atoms with van der Waals surface area (Å²) in [6, 6.07) is 11.8. The van der Waals surface area contributed by atoms with Crippen molar-refractivity contribution in [3.8, 4) is 5.75 Å². The van der Waals surface area contributed by atoms with Gasteiger partial charge in [-0.3, -0.25) is 4.79 Å². The highest BCUT2D eigenvalue weighted by Gasteiger charge is 2.26. The van der Waals surface area contributed by atoms with Crippen LogP contribution in [-0.4, -0.2) is 31.8 Å². The molecule has 0 N–H and O–H groups in total. The van der Waals surface area contributed by atoms with Gasteiger partial charge >= 0.3 is 0 Å². The Bertz CT molecular complexity index is 753. The average Bonchev–Trinajstić information content (AvgIpc) is 3.06. The highest BCUT2D eigenvalue weighted by molar-refractivity contribution is 9.10. The van der Waals surface area contributed by atoms with E-state index in [9.17, 15) is 4.79 Å². The summed E-state index contributed by atoms with van der Waals surface area (Å²) in [6.45, 7) is 1.82. The molecule has 1 amide bonds. The molecule has 3 rings (SSSR count). The van der Waals surface area contributed by atoms with Crippen LogP contribution in [0.15, 0.2) is 40.9 Å². The molecule has 0 bridgehead atoms. The van der Waals surface area contributed by atoms with Gasteiger partial charge in [0.05, 0.1) is 19.3 Å². The van der Waals surface area contributed by atoms with Crippen LogP contribution in [0.25, 0.3) is 0 Å². The van der Waals surface area contributed by atoms with Crippen molar-refractivity contribution < 1.29 is 19.0 Å². The lowest BCUT2D eigenvalue weighted by Crippen LogP contribution is -2.26. The summed E-state index contributed by atoms with van der Waals surface area (Å²) in [5.74, 6) is 0.498. The summed E-state index contributed by atoms with van der Waals surface area (Å²) in [7, 11) is 3.14. The molecule has 0 atom stereocenters. The van der Waals surface area contributed by atoms with E-state index in [4.69, 9.17) is 14.2 Å². The molecule has 1 aliphatic rings. The largest absolute Gasteiger partial charge is 0.496 e. The number of methoxy groups -OCH3 is 2. The fourth-order valence-corrected chi connectivity index (χ4v) is 3.38. The molecule has 1 heterocycles. The van der Waals surface area contributed by atoms with Gasteiger partial charge in [0, 0.05) is 24.7 Å². The number of carbonyl (C=O) groups excluding carboxylic acids is 1. The molecule has 0 radical (unpaired) electrons. The van der Waals surface area contributed by atoms with Crippen LogP contribution < -0.4 is 4.74 Å². The molecule has 0 unspecified atom stereocenters. The molecule has 0 spiro atoms. The number of fused-ring (bicyclic) bond motifs is 1. The molecule has 2 aromatic carbocycles. The Morgan fingerprint density at radius 2 is 1.84 bits per heavy atom. The topological polar surface area (TPSA) is 48.0 Å². The maximum absolute atomic E-state index is 13.0. The second-order valence-electron chi connectivity index (χ2n) is 5.83. The molecule has 0 aliphatic carbocycles. The number of amides is 1. The first-order chi connectivity index (χ1) is 12.1. The molecule has 6 heteroatoms. The Kier molecular flexibility index (Phi) is 5.73. The summed E-state index contributed by atoms with van der Waals surface area (Å²) < 4.78 is 16.5. The van der Waals surface area contributed by atoms with Crippen molar-refractivity contribution in [2.75, 3.05) is 21.0 Å². The van der Waals surface area contributed by atoms with E-state index in [-0.39, 0.29) is 12.7 Å². The molecule has 0 aromatic heterocycles. The van der Waals surface area contributed by atoms with Gasteiger partial charge in [-0.15, -0.1) is 0 Å². The number of nitrogens with zero attached hydrogens (tertiary/aromatic N) is 1. The van der Waals surface area contributed by atoms with Gasteiger partial charge in [-0.25, -0.2) is 0 Å². The quantitative estimate of drug-likeness (QED) is 0.542. The number of halogens is 1. The average molecular weight is 406 g/mol. The van der Waals surface area contributed by atoms with Crippen LogP contribution in [0, 0.1) is 0 Å². The lowest BCUT2D eigenvalue weighted by molar-refractivity contribution is -0.0392. The van der Waals surface area contributed by atoms with E-state index < -0.39 is 0 Å². The van der Waals surface area contributed by atoms with Gasteiger partial charge in [0.2, 0.25) is 0 Å². The van der Waals surface area contributed by atoms with Gasteiger partial charge in [-0.1, -0.05) is 40.2 Å². The highest BCUT2D eigenvalue weighted by atomic mass is 79.9. The summed E-state index contributed by atoms with van der Waals surface area (Å²) in [6.07, 6.45) is 0. The minimum absolute atomic E-state index is 0.0434. The van der Waals surface area contributed by atoms with Crippen molar-refractivity contribution in [3.05, 3.63) is 63.1 Å². The number of ether oxygens (including phenoxy) is 3.